The van der Waals surface area contributed by atoms with Gasteiger partial charge < -0.3 is 9.88 Å². The average Bonchev–Trinajstić information content (AvgIpc) is 3.27. The molecule has 1 aliphatic rings. The molecule has 4 rings (SSSR count). The number of nitrogens with one attached hydrogen (secondary N) is 1. The van der Waals surface area contributed by atoms with Crippen LogP contribution in [0.5, 0.6) is 0 Å². The molecule has 1 unspecified atom stereocenters. The van der Waals surface area contributed by atoms with E-state index in [4.69, 9.17) is 0 Å². The van der Waals surface area contributed by atoms with E-state index in [0.717, 1.165) is 46.3 Å². The van der Waals surface area contributed by atoms with Crippen molar-refractivity contribution in [2.24, 2.45) is 0 Å². The van der Waals surface area contributed by atoms with Gasteiger partial charge in [-0.15, -0.1) is 0 Å². The molecule has 0 radical (unpaired) electrons. The Morgan fingerprint density at radius 3 is 2.96 bits per heavy atom. The minimum absolute atomic E-state index is 0.0148. The molecule has 132 valence electrons. The predicted octanol–water partition coefficient (Wildman–Crippen LogP) is 5.01. The molecule has 1 atom stereocenters. The molecule has 0 bridgehead atoms. The molecule has 3 aromatic rings. The Balaban J connectivity index is 1.55. The van der Waals surface area contributed by atoms with Crippen LogP contribution in [0.1, 0.15) is 35.8 Å². The molecule has 1 aromatic heterocycles. The largest absolute Gasteiger partial charge is 0.340 e. The number of aromatic amines is 1. The number of amides is 1. The molecule has 1 saturated heterocycles. The van der Waals surface area contributed by atoms with E-state index in [0.29, 0.717) is 0 Å². The number of carbonyl (C=O) groups excluding carboxylic acids is 1. The molecule has 5 heteroatoms. The van der Waals surface area contributed by atoms with Gasteiger partial charge in [-0.2, -0.15) is 0 Å². The molecule has 26 heavy (non-hydrogen) atoms. The second-order valence-electron chi connectivity index (χ2n) is 6.69. The van der Waals surface area contributed by atoms with Gasteiger partial charge in [0.15, 0.2) is 0 Å². The number of likely N-dealkylation sites (tertiary alicyclic amines) is 1. The van der Waals surface area contributed by atoms with Crippen LogP contribution in [0.25, 0.3) is 17.1 Å². The van der Waals surface area contributed by atoms with Gasteiger partial charge in [0.1, 0.15) is 5.82 Å². The Hall–Kier alpha value is -2.40. The lowest BCUT2D eigenvalue weighted by Gasteiger charge is -2.21. The summed E-state index contributed by atoms with van der Waals surface area (Å²) in [5.74, 6) is 0.905. The van der Waals surface area contributed by atoms with Gasteiger partial charge in [0.25, 0.3) is 0 Å². The topological polar surface area (TPSA) is 49.0 Å². The number of fused-ring (bicyclic) bond motifs is 1. The number of H-pyrrole nitrogens is 1. The molecule has 1 N–H and O–H groups in total. The maximum atomic E-state index is 12.8. The van der Waals surface area contributed by atoms with Crippen molar-refractivity contribution in [3.8, 4) is 0 Å². The van der Waals surface area contributed by atoms with E-state index in [1.165, 1.54) is 5.56 Å². The van der Waals surface area contributed by atoms with Gasteiger partial charge in [-0.1, -0.05) is 40.2 Å². The highest BCUT2D eigenvalue weighted by molar-refractivity contribution is 9.10. The van der Waals surface area contributed by atoms with Crippen LogP contribution in [0.15, 0.2) is 53.0 Å². The third-order valence-corrected chi connectivity index (χ3v) is 5.51. The number of nitrogens with zero attached hydrogens (tertiary/aromatic N) is 2. The van der Waals surface area contributed by atoms with E-state index >= 15 is 0 Å². The lowest BCUT2D eigenvalue weighted by molar-refractivity contribution is -0.126. The number of imidazole rings is 1. The third kappa shape index (κ3) is 3.31. The van der Waals surface area contributed by atoms with Gasteiger partial charge >= 0.3 is 0 Å². The van der Waals surface area contributed by atoms with Crippen LogP contribution in [0.4, 0.5) is 0 Å². The van der Waals surface area contributed by atoms with Crippen molar-refractivity contribution in [1.29, 1.82) is 0 Å². The summed E-state index contributed by atoms with van der Waals surface area (Å²) in [6.45, 7) is 2.81. The quantitative estimate of drug-likeness (QED) is 0.617. The summed E-state index contributed by atoms with van der Waals surface area (Å²) < 4.78 is 0.997. The summed E-state index contributed by atoms with van der Waals surface area (Å²) >= 11 is 3.56. The Morgan fingerprint density at radius 2 is 2.15 bits per heavy atom. The van der Waals surface area contributed by atoms with E-state index in [1.807, 2.05) is 54.3 Å². The van der Waals surface area contributed by atoms with Crippen molar-refractivity contribution in [2.75, 3.05) is 6.54 Å². The average molecular weight is 410 g/mol. The molecule has 2 aromatic carbocycles. The number of hydrogen-bond donors (Lipinski definition) is 1. The first-order valence-electron chi connectivity index (χ1n) is 8.81. The first-order valence-corrected chi connectivity index (χ1v) is 9.60. The van der Waals surface area contributed by atoms with E-state index in [1.54, 1.807) is 6.08 Å². The number of aromatic nitrogens is 2. The highest BCUT2D eigenvalue weighted by Crippen LogP contribution is 2.31. The maximum absolute atomic E-state index is 12.8. The van der Waals surface area contributed by atoms with Gasteiger partial charge in [-0.05, 0) is 55.2 Å². The van der Waals surface area contributed by atoms with Crippen LogP contribution in [0.2, 0.25) is 0 Å². The monoisotopic (exact) mass is 409 g/mol. The van der Waals surface area contributed by atoms with Crippen LogP contribution in [-0.4, -0.2) is 27.3 Å². The van der Waals surface area contributed by atoms with Crippen LogP contribution >= 0.6 is 15.9 Å². The third-order valence-electron chi connectivity index (χ3n) is 4.82. The van der Waals surface area contributed by atoms with Crippen LogP contribution in [-0.2, 0) is 4.79 Å². The van der Waals surface area contributed by atoms with Crippen molar-refractivity contribution in [3.05, 3.63) is 70.0 Å². The minimum atomic E-state index is 0.0148. The summed E-state index contributed by atoms with van der Waals surface area (Å²) in [5.41, 5.74) is 4.15. The molecular formula is C21H20BrN3O. The number of halogens is 1. The number of para-hydroxylation sites is 2. The maximum Gasteiger partial charge on any atom is 0.247 e. The van der Waals surface area contributed by atoms with Crippen molar-refractivity contribution < 1.29 is 4.79 Å². The predicted molar refractivity (Wildman–Crippen MR) is 108 cm³/mol. The fraction of sp³-hybridized carbons (Fsp3) is 0.238. The van der Waals surface area contributed by atoms with Crippen LogP contribution in [0, 0.1) is 6.92 Å². The molecular weight excluding hydrogens is 390 g/mol. The van der Waals surface area contributed by atoms with E-state index in [9.17, 15) is 4.79 Å². The molecule has 0 spiro atoms. The van der Waals surface area contributed by atoms with Crippen molar-refractivity contribution >= 4 is 38.9 Å². The number of carbonyl (C=O) groups is 1. The molecule has 1 amide bonds. The summed E-state index contributed by atoms with van der Waals surface area (Å²) in [7, 11) is 0. The Labute approximate surface area is 161 Å². The molecule has 1 fully saturated rings. The fourth-order valence-electron chi connectivity index (χ4n) is 3.47. The van der Waals surface area contributed by atoms with Crippen LogP contribution in [0.3, 0.4) is 0 Å². The smallest absolute Gasteiger partial charge is 0.247 e. The normalized spacial score (nSPS) is 17.5. The Morgan fingerprint density at radius 1 is 1.31 bits per heavy atom. The Bertz CT molecular complexity index is 959. The highest BCUT2D eigenvalue weighted by Gasteiger charge is 2.31. The van der Waals surface area contributed by atoms with E-state index in [-0.39, 0.29) is 11.9 Å². The minimum Gasteiger partial charge on any atom is -0.340 e. The molecule has 1 aliphatic heterocycles. The summed E-state index contributed by atoms with van der Waals surface area (Å²) in [4.78, 5) is 22.8. The van der Waals surface area contributed by atoms with Gasteiger partial charge in [0.2, 0.25) is 5.91 Å². The van der Waals surface area contributed by atoms with Crippen molar-refractivity contribution in [3.63, 3.8) is 0 Å². The number of rotatable bonds is 3. The second-order valence-corrected chi connectivity index (χ2v) is 7.54. The van der Waals surface area contributed by atoms with Gasteiger partial charge in [0.05, 0.1) is 17.1 Å². The molecule has 2 heterocycles. The van der Waals surface area contributed by atoms with Gasteiger partial charge in [-0.3, -0.25) is 4.79 Å². The standard InChI is InChI=1S/C21H20BrN3O/c1-14-8-9-15(16(22)13-14)10-11-20(26)25-12-4-7-19(25)21-23-17-5-2-3-6-18(17)24-21/h2-3,5-6,8-11,13,19H,4,7,12H2,1H3,(H,23,24)/b11-10+. The van der Waals surface area contributed by atoms with Crippen molar-refractivity contribution in [2.45, 2.75) is 25.8 Å². The SMILES string of the molecule is Cc1ccc(/C=C/C(=O)N2CCCC2c2nc3ccccc3[nH]2)c(Br)c1. The van der Waals surface area contributed by atoms with Gasteiger partial charge in [0, 0.05) is 17.1 Å². The van der Waals surface area contributed by atoms with E-state index in [2.05, 4.69) is 32.0 Å². The summed E-state index contributed by atoms with van der Waals surface area (Å²) in [6.07, 6.45) is 5.47. The fourth-order valence-corrected chi connectivity index (χ4v) is 4.09. The summed E-state index contributed by atoms with van der Waals surface area (Å²) in [6, 6.07) is 14.1. The number of aryl methyl sites for hydroxylation is 1. The zero-order valence-electron chi connectivity index (χ0n) is 14.6. The molecule has 4 nitrogen and oxygen atoms in total. The zero-order chi connectivity index (χ0) is 18.1. The lowest BCUT2D eigenvalue weighted by atomic mass is 10.1. The Kier molecular flexibility index (Phi) is 4.64. The second kappa shape index (κ2) is 7.08. The number of hydrogen-bond acceptors (Lipinski definition) is 2. The first kappa shape index (κ1) is 17.0. The summed E-state index contributed by atoms with van der Waals surface area (Å²) in [5, 5.41) is 0. The first-order chi connectivity index (χ1) is 12.6. The van der Waals surface area contributed by atoms with Crippen LogP contribution < -0.4 is 0 Å². The lowest BCUT2D eigenvalue weighted by Crippen LogP contribution is -2.29. The zero-order valence-corrected chi connectivity index (χ0v) is 16.2. The van der Waals surface area contributed by atoms with E-state index < -0.39 is 0 Å². The van der Waals surface area contributed by atoms with Crippen molar-refractivity contribution in [1.82, 2.24) is 14.9 Å². The highest BCUT2D eigenvalue weighted by atomic mass is 79.9. The number of benzene rings is 2. The molecule has 0 aliphatic carbocycles. The molecule has 0 saturated carbocycles. The van der Waals surface area contributed by atoms with Gasteiger partial charge in [-0.25, -0.2) is 4.98 Å².